The lowest BCUT2D eigenvalue weighted by atomic mass is 9.99. The molecular weight excluding hydrogens is 602 g/mol. The maximum absolute atomic E-state index is 13.0. The predicted molar refractivity (Wildman–Crippen MR) is 198 cm³/mol. The van der Waals surface area contributed by atoms with Crippen molar-refractivity contribution in [1.29, 1.82) is 0 Å². The second-order valence-electron chi connectivity index (χ2n) is 14.0. The summed E-state index contributed by atoms with van der Waals surface area (Å²) in [5.41, 5.74) is 5.82. The molecule has 0 aliphatic carbocycles. The standard InChI is InChI=1S/C39H69N5O4/c1-3-5-7-9-11-13-15-17-19-21-23-25-27-33(45)29-35(48-32-44-31-41-36-37(44)42-39(40)43-38(36)47)30-34(46)28-26-24-22-20-18-16-14-12-10-8-6-4-2/h31,35H,3-30,32H2,1-2H3,(H3,40,42,43,47). The molecule has 0 aliphatic rings. The van der Waals surface area contributed by atoms with Crippen molar-refractivity contribution in [2.75, 3.05) is 5.73 Å². The lowest BCUT2D eigenvalue weighted by Crippen LogP contribution is -2.23. The molecule has 2 heterocycles. The first-order valence-electron chi connectivity index (χ1n) is 19.8. The van der Waals surface area contributed by atoms with Crippen molar-refractivity contribution in [2.24, 2.45) is 0 Å². The van der Waals surface area contributed by atoms with Gasteiger partial charge in [0.2, 0.25) is 5.95 Å². The van der Waals surface area contributed by atoms with Crippen LogP contribution in [0.2, 0.25) is 0 Å². The van der Waals surface area contributed by atoms with Crippen molar-refractivity contribution in [1.82, 2.24) is 19.5 Å². The first-order chi connectivity index (χ1) is 23.4. The van der Waals surface area contributed by atoms with Crippen LogP contribution in [0.25, 0.3) is 11.2 Å². The number of nitrogens with one attached hydrogen (secondary N) is 1. The Hall–Kier alpha value is -2.55. The second-order valence-corrected chi connectivity index (χ2v) is 14.0. The van der Waals surface area contributed by atoms with Crippen molar-refractivity contribution >= 4 is 28.7 Å². The molecule has 0 bridgehead atoms. The molecule has 0 unspecified atom stereocenters. The number of aromatic amines is 1. The molecule has 0 fully saturated rings. The normalized spacial score (nSPS) is 11.6. The maximum atomic E-state index is 13.0. The van der Waals surface area contributed by atoms with E-state index in [-0.39, 0.29) is 42.6 Å². The number of imidazole rings is 1. The van der Waals surface area contributed by atoms with Gasteiger partial charge in [-0.05, 0) is 12.8 Å². The van der Waals surface area contributed by atoms with E-state index >= 15 is 0 Å². The molecule has 0 radical (unpaired) electrons. The van der Waals surface area contributed by atoms with Crippen LogP contribution < -0.4 is 11.3 Å². The van der Waals surface area contributed by atoms with Gasteiger partial charge in [0.15, 0.2) is 11.2 Å². The van der Waals surface area contributed by atoms with Gasteiger partial charge in [-0.1, -0.05) is 155 Å². The zero-order chi connectivity index (χ0) is 34.7. The Morgan fingerprint density at radius 2 is 1.08 bits per heavy atom. The van der Waals surface area contributed by atoms with Gasteiger partial charge in [0, 0.05) is 25.7 Å². The van der Waals surface area contributed by atoms with E-state index in [0.29, 0.717) is 18.5 Å². The van der Waals surface area contributed by atoms with Crippen LogP contribution in [0.5, 0.6) is 0 Å². The zero-order valence-corrected chi connectivity index (χ0v) is 30.7. The van der Waals surface area contributed by atoms with Crippen LogP contribution in [-0.2, 0) is 21.1 Å². The van der Waals surface area contributed by atoms with E-state index in [2.05, 4.69) is 28.8 Å². The van der Waals surface area contributed by atoms with Gasteiger partial charge in [0.05, 0.1) is 12.4 Å². The predicted octanol–water partition coefficient (Wildman–Crippen LogP) is 10.1. The average Bonchev–Trinajstić information content (AvgIpc) is 3.47. The van der Waals surface area contributed by atoms with Crippen LogP contribution in [0.1, 0.15) is 194 Å². The summed E-state index contributed by atoms with van der Waals surface area (Å²) in [6.07, 6.45) is 32.6. The third kappa shape index (κ3) is 19.4. The third-order valence-corrected chi connectivity index (χ3v) is 9.47. The number of aromatic nitrogens is 4. The van der Waals surface area contributed by atoms with Gasteiger partial charge in [-0.2, -0.15) is 4.98 Å². The molecule has 0 atom stereocenters. The number of ketones is 2. The van der Waals surface area contributed by atoms with Crippen LogP contribution in [-0.4, -0.2) is 37.2 Å². The number of nitrogens with zero attached hydrogens (tertiary/aromatic N) is 3. The van der Waals surface area contributed by atoms with E-state index in [0.717, 1.165) is 25.7 Å². The fraction of sp³-hybridized carbons (Fsp3) is 0.821. The summed E-state index contributed by atoms with van der Waals surface area (Å²) in [4.78, 5) is 48.9. The molecular formula is C39H69N5O4. The molecule has 9 nitrogen and oxygen atoms in total. The molecule has 2 rings (SSSR count). The number of anilines is 1. The first-order valence-corrected chi connectivity index (χ1v) is 19.8. The molecule has 274 valence electrons. The van der Waals surface area contributed by atoms with Crippen LogP contribution in [0.4, 0.5) is 5.95 Å². The molecule has 0 amide bonds. The monoisotopic (exact) mass is 672 g/mol. The number of hydrogen-bond donors (Lipinski definition) is 2. The van der Waals surface area contributed by atoms with Crippen molar-refractivity contribution in [3.05, 3.63) is 16.7 Å². The van der Waals surface area contributed by atoms with Gasteiger partial charge < -0.3 is 10.5 Å². The second kappa shape index (κ2) is 27.3. The number of Topliss-reactive ketones (excluding diaryl/α,β-unsaturated/α-hetero) is 2. The van der Waals surface area contributed by atoms with Crippen LogP contribution in [0.15, 0.2) is 11.1 Å². The minimum Gasteiger partial charge on any atom is -0.369 e. The molecule has 0 saturated carbocycles. The van der Waals surface area contributed by atoms with Crippen molar-refractivity contribution < 1.29 is 14.3 Å². The van der Waals surface area contributed by atoms with Gasteiger partial charge in [0.1, 0.15) is 18.3 Å². The minimum absolute atomic E-state index is 0.000901. The van der Waals surface area contributed by atoms with Crippen molar-refractivity contribution in [3.8, 4) is 0 Å². The summed E-state index contributed by atoms with van der Waals surface area (Å²) in [5.74, 6) is 0.278. The number of ether oxygens (including phenoxy) is 1. The van der Waals surface area contributed by atoms with Gasteiger partial charge in [-0.3, -0.25) is 23.9 Å². The molecule has 2 aromatic rings. The lowest BCUT2D eigenvalue weighted by Gasteiger charge is -2.17. The highest BCUT2D eigenvalue weighted by Crippen LogP contribution is 2.18. The van der Waals surface area contributed by atoms with E-state index < -0.39 is 11.7 Å². The quantitative estimate of drug-likeness (QED) is 0.0721. The highest BCUT2D eigenvalue weighted by atomic mass is 16.5. The fourth-order valence-corrected chi connectivity index (χ4v) is 6.48. The van der Waals surface area contributed by atoms with E-state index in [9.17, 15) is 14.4 Å². The largest absolute Gasteiger partial charge is 0.369 e. The number of fused-ring (bicyclic) bond motifs is 1. The number of carbonyl (C=O) groups is 2. The molecule has 48 heavy (non-hydrogen) atoms. The highest BCUT2D eigenvalue weighted by Gasteiger charge is 2.19. The van der Waals surface area contributed by atoms with Crippen molar-refractivity contribution in [2.45, 2.75) is 206 Å². The SMILES string of the molecule is CCCCCCCCCCCCCCC(=O)CC(CC(=O)CCCCCCCCCCCCCC)OCn1cnc2c(=O)[nH]c(N)nc21. The van der Waals surface area contributed by atoms with E-state index in [4.69, 9.17) is 10.5 Å². The third-order valence-electron chi connectivity index (χ3n) is 9.47. The number of nitrogens with two attached hydrogens (primary N) is 1. The summed E-state index contributed by atoms with van der Waals surface area (Å²) < 4.78 is 7.73. The maximum Gasteiger partial charge on any atom is 0.280 e. The summed E-state index contributed by atoms with van der Waals surface area (Å²) in [5, 5.41) is 0. The molecule has 0 saturated heterocycles. The van der Waals surface area contributed by atoms with E-state index in [1.54, 1.807) is 4.57 Å². The number of hydrogen-bond acceptors (Lipinski definition) is 7. The molecule has 2 aromatic heterocycles. The van der Waals surface area contributed by atoms with Crippen molar-refractivity contribution in [3.63, 3.8) is 0 Å². The zero-order valence-electron chi connectivity index (χ0n) is 30.7. The Morgan fingerprint density at radius 1 is 0.688 bits per heavy atom. The Labute approximate surface area is 291 Å². The number of H-pyrrole nitrogens is 1. The number of unbranched alkanes of at least 4 members (excludes halogenated alkanes) is 22. The Kier molecular flexibility index (Phi) is 23.7. The summed E-state index contributed by atoms with van der Waals surface area (Å²) in [6.45, 7) is 4.55. The highest BCUT2D eigenvalue weighted by molar-refractivity contribution is 5.82. The Bertz CT molecular complexity index is 1130. The molecule has 0 aliphatic heterocycles. The Balaban J connectivity index is 1.71. The summed E-state index contributed by atoms with van der Waals surface area (Å²) in [6, 6.07) is 0. The van der Waals surface area contributed by atoms with Crippen LogP contribution >= 0.6 is 0 Å². The smallest absolute Gasteiger partial charge is 0.280 e. The number of carbonyl (C=O) groups excluding carboxylic acids is 2. The van der Waals surface area contributed by atoms with Gasteiger partial charge in [-0.25, -0.2) is 4.98 Å². The van der Waals surface area contributed by atoms with Crippen LogP contribution in [0, 0.1) is 0 Å². The molecule has 9 heteroatoms. The summed E-state index contributed by atoms with van der Waals surface area (Å²) >= 11 is 0. The average molecular weight is 672 g/mol. The molecule has 0 aromatic carbocycles. The Morgan fingerprint density at radius 3 is 1.50 bits per heavy atom. The van der Waals surface area contributed by atoms with Gasteiger partial charge in [-0.15, -0.1) is 0 Å². The minimum atomic E-state index is -0.517. The molecule has 3 N–H and O–H groups in total. The fourth-order valence-electron chi connectivity index (χ4n) is 6.48. The number of nitrogen functional groups attached to an aromatic ring is 1. The topological polar surface area (TPSA) is 133 Å². The first kappa shape index (κ1) is 41.6. The molecule has 0 spiro atoms. The number of rotatable bonds is 33. The van der Waals surface area contributed by atoms with E-state index in [1.807, 2.05) is 0 Å². The lowest BCUT2D eigenvalue weighted by molar-refractivity contribution is -0.127. The van der Waals surface area contributed by atoms with E-state index in [1.165, 1.54) is 135 Å². The van der Waals surface area contributed by atoms with Gasteiger partial charge in [0.25, 0.3) is 5.56 Å². The summed E-state index contributed by atoms with van der Waals surface area (Å²) in [7, 11) is 0. The van der Waals surface area contributed by atoms with Crippen LogP contribution in [0.3, 0.4) is 0 Å². The van der Waals surface area contributed by atoms with Gasteiger partial charge >= 0.3 is 0 Å².